The summed E-state index contributed by atoms with van der Waals surface area (Å²) >= 11 is 5.85. The monoisotopic (exact) mass is 345 g/mol. The standard InChI is InChI=1S/C19H20ClNO3/c1-13-18-8-7-17(23-2)11-14(18)9-10-21(13)19(22)12-24-16-5-3-15(20)4-6-16/h3-8,11,13H,9-10,12H2,1-2H3. The van der Waals surface area contributed by atoms with E-state index in [1.165, 1.54) is 11.1 Å². The molecule has 24 heavy (non-hydrogen) atoms. The SMILES string of the molecule is COc1ccc2c(c1)CCN(C(=O)COc1ccc(Cl)cc1)C2C. The summed E-state index contributed by atoms with van der Waals surface area (Å²) in [6, 6.07) is 13.1. The van der Waals surface area contributed by atoms with Crippen molar-refractivity contribution in [3.05, 3.63) is 58.6 Å². The van der Waals surface area contributed by atoms with Gasteiger partial charge in [-0.2, -0.15) is 0 Å². The zero-order chi connectivity index (χ0) is 17.1. The van der Waals surface area contributed by atoms with E-state index in [1.54, 1.807) is 31.4 Å². The zero-order valence-electron chi connectivity index (χ0n) is 13.8. The molecular formula is C19H20ClNO3. The molecule has 0 fully saturated rings. The molecule has 1 unspecified atom stereocenters. The molecule has 2 aromatic rings. The minimum absolute atomic E-state index is 0.0149. The van der Waals surface area contributed by atoms with Crippen LogP contribution in [0.5, 0.6) is 11.5 Å². The number of benzene rings is 2. The molecule has 4 nitrogen and oxygen atoms in total. The Labute approximate surface area is 146 Å². The Kier molecular flexibility index (Phi) is 4.95. The Morgan fingerprint density at radius 1 is 1.21 bits per heavy atom. The predicted molar refractivity (Wildman–Crippen MR) is 93.8 cm³/mol. The van der Waals surface area contributed by atoms with Crippen LogP contribution in [0.3, 0.4) is 0 Å². The third-order valence-corrected chi connectivity index (χ3v) is 4.64. The first kappa shape index (κ1) is 16.7. The van der Waals surface area contributed by atoms with Gasteiger partial charge in [-0.3, -0.25) is 4.79 Å². The van der Waals surface area contributed by atoms with Gasteiger partial charge in [-0.1, -0.05) is 17.7 Å². The first-order valence-electron chi connectivity index (χ1n) is 7.93. The van der Waals surface area contributed by atoms with E-state index in [1.807, 2.05) is 24.0 Å². The van der Waals surface area contributed by atoms with Crippen molar-refractivity contribution < 1.29 is 14.3 Å². The summed E-state index contributed by atoms with van der Waals surface area (Å²) in [5, 5.41) is 0.644. The molecule has 0 N–H and O–H groups in total. The molecule has 0 saturated heterocycles. The van der Waals surface area contributed by atoms with E-state index in [9.17, 15) is 4.79 Å². The summed E-state index contributed by atoms with van der Waals surface area (Å²) in [5.74, 6) is 1.48. The molecule has 1 heterocycles. The molecule has 0 aliphatic carbocycles. The highest BCUT2D eigenvalue weighted by atomic mass is 35.5. The summed E-state index contributed by atoms with van der Waals surface area (Å²) in [7, 11) is 1.66. The maximum atomic E-state index is 12.5. The molecule has 1 atom stereocenters. The fourth-order valence-corrected chi connectivity index (χ4v) is 3.16. The van der Waals surface area contributed by atoms with E-state index in [4.69, 9.17) is 21.1 Å². The summed E-state index contributed by atoms with van der Waals surface area (Å²) in [6.45, 7) is 2.76. The van der Waals surface area contributed by atoms with Crippen LogP contribution in [-0.2, 0) is 11.2 Å². The van der Waals surface area contributed by atoms with Gasteiger partial charge in [0.15, 0.2) is 6.61 Å². The third-order valence-electron chi connectivity index (χ3n) is 4.39. The minimum atomic E-state index is -0.0149. The van der Waals surface area contributed by atoms with Crippen LogP contribution in [0.4, 0.5) is 0 Å². The normalized spacial score (nSPS) is 16.5. The van der Waals surface area contributed by atoms with Crippen LogP contribution in [0.1, 0.15) is 24.1 Å². The van der Waals surface area contributed by atoms with E-state index in [0.717, 1.165) is 12.2 Å². The van der Waals surface area contributed by atoms with Crippen molar-refractivity contribution in [2.45, 2.75) is 19.4 Å². The molecule has 0 saturated carbocycles. The van der Waals surface area contributed by atoms with Gasteiger partial charge >= 0.3 is 0 Å². The first-order valence-corrected chi connectivity index (χ1v) is 8.31. The number of methoxy groups -OCH3 is 1. The number of carbonyl (C=O) groups excluding carboxylic acids is 1. The van der Waals surface area contributed by atoms with Crippen molar-refractivity contribution >= 4 is 17.5 Å². The number of ether oxygens (including phenoxy) is 2. The van der Waals surface area contributed by atoms with Gasteiger partial charge in [-0.25, -0.2) is 0 Å². The number of halogens is 1. The Morgan fingerprint density at radius 3 is 2.62 bits per heavy atom. The molecule has 0 spiro atoms. The summed E-state index contributed by atoms with van der Waals surface area (Å²) < 4.78 is 10.9. The molecule has 1 aliphatic rings. The summed E-state index contributed by atoms with van der Waals surface area (Å²) in [6.07, 6.45) is 0.823. The van der Waals surface area contributed by atoms with Crippen LogP contribution in [0.25, 0.3) is 0 Å². The van der Waals surface area contributed by atoms with Gasteiger partial charge in [0.05, 0.1) is 13.2 Å². The van der Waals surface area contributed by atoms with Crippen LogP contribution >= 0.6 is 11.6 Å². The van der Waals surface area contributed by atoms with Crippen LogP contribution in [0.15, 0.2) is 42.5 Å². The summed E-state index contributed by atoms with van der Waals surface area (Å²) in [4.78, 5) is 14.4. The van der Waals surface area contributed by atoms with E-state index in [0.29, 0.717) is 17.3 Å². The maximum Gasteiger partial charge on any atom is 0.261 e. The second-order valence-corrected chi connectivity index (χ2v) is 6.26. The molecule has 126 valence electrons. The van der Waals surface area contributed by atoms with E-state index in [-0.39, 0.29) is 18.6 Å². The average Bonchev–Trinajstić information content (AvgIpc) is 2.61. The second-order valence-electron chi connectivity index (χ2n) is 5.82. The lowest BCUT2D eigenvalue weighted by molar-refractivity contribution is -0.135. The van der Waals surface area contributed by atoms with Crippen molar-refractivity contribution in [3.63, 3.8) is 0 Å². The second kappa shape index (κ2) is 7.14. The predicted octanol–water partition coefficient (Wildman–Crippen LogP) is 3.87. The number of nitrogens with zero attached hydrogens (tertiary/aromatic N) is 1. The summed E-state index contributed by atoms with van der Waals surface area (Å²) in [5.41, 5.74) is 2.41. The van der Waals surface area contributed by atoms with Crippen LogP contribution in [0, 0.1) is 0 Å². The van der Waals surface area contributed by atoms with Crippen LogP contribution in [0.2, 0.25) is 5.02 Å². The van der Waals surface area contributed by atoms with Gasteiger partial charge in [0.2, 0.25) is 0 Å². The van der Waals surface area contributed by atoms with Crippen LogP contribution < -0.4 is 9.47 Å². The number of hydrogen-bond donors (Lipinski definition) is 0. The van der Waals surface area contributed by atoms with Crippen molar-refractivity contribution in [2.75, 3.05) is 20.3 Å². The molecule has 1 aliphatic heterocycles. The average molecular weight is 346 g/mol. The van der Waals surface area contributed by atoms with Gasteiger partial charge in [0.25, 0.3) is 5.91 Å². The molecule has 5 heteroatoms. The number of carbonyl (C=O) groups is 1. The topological polar surface area (TPSA) is 38.8 Å². The Morgan fingerprint density at radius 2 is 1.92 bits per heavy atom. The molecule has 3 rings (SSSR count). The van der Waals surface area contributed by atoms with E-state index in [2.05, 4.69) is 6.07 Å². The highest BCUT2D eigenvalue weighted by molar-refractivity contribution is 6.30. The minimum Gasteiger partial charge on any atom is -0.497 e. The number of fused-ring (bicyclic) bond motifs is 1. The lowest BCUT2D eigenvalue weighted by atomic mass is 9.93. The molecule has 2 aromatic carbocycles. The fourth-order valence-electron chi connectivity index (χ4n) is 3.04. The Balaban J connectivity index is 1.66. The van der Waals surface area contributed by atoms with Gasteiger partial charge in [0.1, 0.15) is 11.5 Å². The molecule has 0 radical (unpaired) electrons. The third kappa shape index (κ3) is 3.49. The Hall–Kier alpha value is -2.20. The van der Waals surface area contributed by atoms with Gasteiger partial charge in [0, 0.05) is 11.6 Å². The Bertz CT molecular complexity index is 730. The molecule has 1 amide bonds. The van der Waals surface area contributed by atoms with Crippen LogP contribution in [-0.4, -0.2) is 31.1 Å². The van der Waals surface area contributed by atoms with Crippen molar-refractivity contribution in [3.8, 4) is 11.5 Å². The lowest BCUT2D eigenvalue weighted by Gasteiger charge is -2.35. The van der Waals surface area contributed by atoms with Crippen molar-refractivity contribution in [1.29, 1.82) is 0 Å². The van der Waals surface area contributed by atoms with Crippen molar-refractivity contribution in [2.24, 2.45) is 0 Å². The van der Waals surface area contributed by atoms with Gasteiger partial charge in [-0.15, -0.1) is 0 Å². The van der Waals surface area contributed by atoms with Crippen molar-refractivity contribution in [1.82, 2.24) is 4.90 Å². The first-order chi connectivity index (χ1) is 11.6. The molecule has 0 bridgehead atoms. The smallest absolute Gasteiger partial charge is 0.261 e. The maximum absolute atomic E-state index is 12.5. The van der Waals surface area contributed by atoms with E-state index < -0.39 is 0 Å². The number of hydrogen-bond acceptors (Lipinski definition) is 3. The number of rotatable bonds is 4. The highest BCUT2D eigenvalue weighted by Gasteiger charge is 2.27. The quantitative estimate of drug-likeness (QED) is 0.844. The van der Waals surface area contributed by atoms with Gasteiger partial charge < -0.3 is 14.4 Å². The van der Waals surface area contributed by atoms with Gasteiger partial charge in [-0.05, 0) is 60.9 Å². The van der Waals surface area contributed by atoms with E-state index >= 15 is 0 Å². The fraction of sp³-hybridized carbons (Fsp3) is 0.316. The molecular weight excluding hydrogens is 326 g/mol. The zero-order valence-corrected chi connectivity index (χ0v) is 14.5. The lowest BCUT2D eigenvalue weighted by Crippen LogP contribution is -2.41. The highest BCUT2D eigenvalue weighted by Crippen LogP contribution is 2.31. The molecule has 0 aromatic heterocycles. The largest absolute Gasteiger partial charge is 0.497 e. The number of amides is 1.